The molecule has 1 aromatic carbocycles. The number of nitrogens with one attached hydrogen (secondary N) is 1. The van der Waals surface area contributed by atoms with Gasteiger partial charge in [0.2, 0.25) is 0 Å². The summed E-state index contributed by atoms with van der Waals surface area (Å²) in [6.07, 6.45) is 1.11. The highest BCUT2D eigenvalue weighted by Crippen LogP contribution is 2.34. The minimum Gasteiger partial charge on any atom is -0.310 e. The molecule has 0 aromatic heterocycles. The summed E-state index contributed by atoms with van der Waals surface area (Å²) in [6, 6.07) is 5.53. The van der Waals surface area contributed by atoms with Crippen LogP contribution in [0.25, 0.3) is 0 Å². The average Bonchev–Trinajstić information content (AvgIpc) is 2.46. The molecule has 0 saturated carbocycles. The number of thioether (sulfide) groups is 1. The molecule has 0 bridgehead atoms. The molecule has 3 heteroatoms. The van der Waals surface area contributed by atoms with Gasteiger partial charge in [0, 0.05) is 11.8 Å². The Bertz CT molecular complexity index is 380. The number of halogens is 1. The highest BCUT2D eigenvalue weighted by Gasteiger charge is 2.24. The van der Waals surface area contributed by atoms with Crippen molar-refractivity contribution in [2.75, 3.05) is 12.3 Å². The number of fused-ring (bicyclic) bond motifs is 1. The Kier molecular flexibility index (Phi) is 4.46. The summed E-state index contributed by atoms with van der Waals surface area (Å²) < 4.78 is 13.4. The number of benzene rings is 1. The van der Waals surface area contributed by atoms with Crippen LogP contribution in [0, 0.1) is 11.7 Å². The summed E-state index contributed by atoms with van der Waals surface area (Å²) in [5.74, 6) is 2.57. The first-order valence-corrected chi connectivity index (χ1v) is 7.47. The number of hydrogen-bond acceptors (Lipinski definition) is 2. The fraction of sp³-hybridized carbons (Fsp3) is 0.571. The van der Waals surface area contributed by atoms with Crippen molar-refractivity contribution in [3.8, 4) is 0 Å². The maximum absolute atomic E-state index is 13.4. The molecule has 0 aliphatic carbocycles. The summed E-state index contributed by atoms with van der Waals surface area (Å²) in [5, 5.41) is 3.56. The smallest absolute Gasteiger partial charge is 0.123 e. The van der Waals surface area contributed by atoms with Crippen LogP contribution in [0.1, 0.15) is 37.4 Å². The van der Waals surface area contributed by atoms with Gasteiger partial charge >= 0.3 is 0 Å². The van der Waals surface area contributed by atoms with Gasteiger partial charge in [0.05, 0.1) is 0 Å². The van der Waals surface area contributed by atoms with E-state index in [4.69, 9.17) is 0 Å². The first-order chi connectivity index (χ1) is 8.22. The van der Waals surface area contributed by atoms with E-state index in [1.165, 1.54) is 5.56 Å². The van der Waals surface area contributed by atoms with E-state index in [0.29, 0.717) is 12.0 Å². The lowest BCUT2D eigenvalue weighted by Gasteiger charge is -2.24. The van der Waals surface area contributed by atoms with E-state index in [2.05, 4.69) is 19.2 Å². The van der Waals surface area contributed by atoms with Gasteiger partial charge in [-0.25, -0.2) is 4.39 Å². The molecule has 1 heterocycles. The van der Waals surface area contributed by atoms with E-state index in [-0.39, 0.29) is 5.82 Å². The third-order valence-corrected chi connectivity index (χ3v) is 4.54. The molecular formula is C14H20FNS. The Morgan fingerprint density at radius 3 is 3.06 bits per heavy atom. The molecule has 2 rings (SSSR count). The van der Waals surface area contributed by atoms with Crippen LogP contribution in [-0.2, 0) is 5.75 Å². The summed E-state index contributed by atoms with van der Waals surface area (Å²) in [6.45, 7) is 5.41. The lowest BCUT2D eigenvalue weighted by atomic mass is 9.92. The van der Waals surface area contributed by atoms with Crippen molar-refractivity contribution in [3.05, 3.63) is 35.1 Å². The quantitative estimate of drug-likeness (QED) is 0.880. The fourth-order valence-corrected chi connectivity index (χ4v) is 3.52. The molecule has 17 heavy (non-hydrogen) atoms. The molecule has 1 aromatic rings. The minimum absolute atomic E-state index is 0.119. The second-order valence-corrected chi connectivity index (χ2v) is 5.80. The first kappa shape index (κ1) is 12.9. The molecule has 1 aliphatic heterocycles. The van der Waals surface area contributed by atoms with Crippen LogP contribution in [0.4, 0.5) is 4.39 Å². The van der Waals surface area contributed by atoms with Crippen molar-refractivity contribution >= 4 is 11.8 Å². The summed E-state index contributed by atoms with van der Waals surface area (Å²) >= 11 is 1.95. The molecule has 94 valence electrons. The van der Waals surface area contributed by atoms with E-state index in [1.807, 2.05) is 17.8 Å². The van der Waals surface area contributed by atoms with Gasteiger partial charge in [-0.3, -0.25) is 0 Å². The topological polar surface area (TPSA) is 12.0 Å². The lowest BCUT2D eigenvalue weighted by Crippen LogP contribution is -2.28. The predicted octanol–water partition coefficient (Wildman–Crippen LogP) is 3.75. The molecular weight excluding hydrogens is 233 g/mol. The molecule has 0 fully saturated rings. The second kappa shape index (κ2) is 5.87. The van der Waals surface area contributed by atoms with E-state index >= 15 is 0 Å². The lowest BCUT2D eigenvalue weighted by molar-refractivity contribution is 0.417. The van der Waals surface area contributed by atoms with Crippen molar-refractivity contribution in [1.82, 2.24) is 5.32 Å². The highest BCUT2D eigenvalue weighted by molar-refractivity contribution is 7.98. The van der Waals surface area contributed by atoms with E-state index in [1.54, 1.807) is 12.1 Å². The Balaban J connectivity index is 2.31. The van der Waals surface area contributed by atoms with Crippen LogP contribution < -0.4 is 5.32 Å². The predicted molar refractivity (Wildman–Crippen MR) is 72.8 cm³/mol. The molecule has 0 spiro atoms. The van der Waals surface area contributed by atoms with Crippen LogP contribution in [0.2, 0.25) is 0 Å². The molecule has 2 unspecified atom stereocenters. The molecule has 1 nitrogen and oxygen atoms in total. The Labute approximate surface area is 107 Å². The minimum atomic E-state index is -0.119. The maximum atomic E-state index is 13.4. The Hall–Kier alpha value is -0.540. The zero-order valence-corrected chi connectivity index (χ0v) is 11.3. The SMILES string of the molecule is CCCNC1c2cc(F)ccc2CSCC1C. The van der Waals surface area contributed by atoms with Crippen LogP contribution in [0.5, 0.6) is 0 Å². The normalized spacial score (nSPS) is 24.2. The van der Waals surface area contributed by atoms with Crippen molar-refractivity contribution in [2.45, 2.75) is 32.1 Å². The zero-order valence-electron chi connectivity index (χ0n) is 10.5. The van der Waals surface area contributed by atoms with Crippen LogP contribution in [0.3, 0.4) is 0 Å². The van der Waals surface area contributed by atoms with Crippen molar-refractivity contribution in [1.29, 1.82) is 0 Å². The standard InChI is InChI=1S/C14H20FNS/c1-3-6-16-14-10(2)8-17-9-11-4-5-12(15)7-13(11)14/h4-5,7,10,14,16H,3,6,8-9H2,1-2H3. The monoisotopic (exact) mass is 253 g/mol. The summed E-state index contributed by atoms with van der Waals surface area (Å²) in [5.41, 5.74) is 2.45. The van der Waals surface area contributed by atoms with Gasteiger partial charge in [-0.2, -0.15) is 11.8 Å². The van der Waals surface area contributed by atoms with Gasteiger partial charge in [-0.05, 0) is 47.9 Å². The highest BCUT2D eigenvalue weighted by atomic mass is 32.2. The van der Waals surface area contributed by atoms with Gasteiger partial charge in [-0.15, -0.1) is 0 Å². The number of rotatable bonds is 3. The van der Waals surface area contributed by atoms with Crippen molar-refractivity contribution < 1.29 is 4.39 Å². The molecule has 0 radical (unpaired) electrons. The Morgan fingerprint density at radius 2 is 2.29 bits per heavy atom. The third kappa shape index (κ3) is 3.02. The molecule has 0 saturated heterocycles. The molecule has 2 atom stereocenters. The van der Waals surface area contributed by atoms with E-state index in [9.17, 15) is 4.39 Å². The first-order valence-electron chi connectivity index (χ1n) is 6.31. The third-order valence-electron chi connectivity index (χ3n) is 3.26. The van der Waals surface area contributed by atoms with Crippen molar-refractivity contribution in [2.24, 2.45) is 5.92 Å². The number of hydrogen-bond donors (Lipinski definition) is 1. The van der Waals surface area contributed by atoms with Gasteiger partial charge in [0.25, 0.3) is 0 Å². The summed E-state index contributed by atoms with van der Waals surface area (Å²) in [4.78, 5) is 0. The van der Waals surface area contributed by atoms with Crippen LogP contribution in [-0.4, -0.2) is 12.3 Å². The maximum Gasteiger partial charge on any atom is 0.123 e. The second-order valence-electron chi connectivity index (χ2n) is 4.77. The summed E-state index contributed by atoms with van der Waals surface area (Å²) in [7, 11) is 0. The molecule has 1 aliphatic rings. The largest absolute Gasteiger partial charge is 0.310 e. The van der Waals surface area contributed by atoms with Gasteiger partial charge in [0.1, 0.15) is 5.82 Å². The van der Waals surface area contributed by atoms with Crippen LogP contribution >= 0.6 is 11.8 Å². The van der Waals surface area contributed by atoms with E-state index in [0.717, 1.165) is 30.0 Å². The zero-order chi connectivity index (χ0) is 12.3. The van der Waals surface area contributed by atoms with Gasteiger partial charge in [0.15, 0.2) is 0 Å². The fourth-order valence-electron chi connectivity index (χ4n) is 2.36. The van der Waals surface area contributed by atoms with Gasteiger partial charge < -0.3 is 5.32 Å². The molecule has 1 N–H and O–H groups in total. The molecule has 0 amide bonds. The average molecular weight is 253 g/mol. The van der Waals surface area contributed by atoms with E-state index < -0.39 is 0 Å². The van der Waals surface area contributed by atoms with Crippen LogP contribution in [0.15, 0.2) is 18.2 Å². The Morgan fingerprint density at radius 1 is 1.47 bits per heavy atom. The van der Waals surface area contributed by atoms with Crippen molar-refractivity contribution in [3.63, 3.8) is 0 Å². The van der Waals surface area contributed by atoms with Gasteiger partial charge in [-0.1, -0.05) is 19.9 Å².